The maximum atomic E-state index is 11.8. The first-order valence-corrected chi connectivity index (χ1v) is 6.95. The van der Waals surface area contributed by atoms with Crippen LogP contribution in [0.15, 0.2) is 18.2 Å². The zero-order chi connectivity index (χ0) is 16.2. The largest absolute Gasteiger partial charge is 0.391 e. The number of hydrogen-bond donors (Lipinski definition) is 3. The van der Waals surface area contributed by atoms with E-state index in [1.165, 1.54) is 0 Å². The van der Waals surface area contributed by atoms with E-state index in [2.05, 4.69) is 10.6 Å². The van der Waals surface area contributed by atoms with Crippen molar-refractivity contribution in [1.82, 2.24) is 5.32 Å². The fourth-order valence-corrected chi connectivity index (χ4v) is 1.81. The molecule has 0 heterocycles. The molecule has 0 aliphatic heterocycles. The molecule has 2 amide bonds. The van der Waals surface area contributed by atoms with Gasteiger partial charge in [0.15, 0.2) is 0 Å². The molecule has 1 aromatic rings. The summed E-state index contributed by atoms with van der Waals surface area (Å²) in [5, 5.41) is 14.8. The van der Waals surface area contributed by atoms with Crippen LogP contribution in [0.4, 0.5) is 5.69 Å². The van der Waals surface area contributed by atoms with E-state index in [1.54, 1.807) is 12.1 Å². The fourth-order valence-electron chi connectivity index (χ4n) is 1.81. The van der Waals surface area contributed by atoms with Gasteiger partial charge in [0, 0.05) is 12.2 Å². The molecule has 1 unspecified atom stereocenters. The van der Waals surface area contributed by atoms with Gasteiger partial charge in [-0.3, -0.25) is 9.59 Å². The number of carbonyl (C=O) groups excluding carboxylic acids is 2. The molecule has 1 aromatic carbocycles. The Kier molecular flexibility index (Phi) is 5.49. The van der Waals surface area contributed by atoms with E-state index in [0.29, 0.717) is 5.69 Å². The van der Waals surface area contributed by atoms with Gasteiger partial charge in [-0.15, -0.1) is 0 Å². The first kappa shape index (κ1) is 17.2. The van der Waals surface area contributed by atoms with E-state index in [-0.39, 0.29) is 12.0 Å². The van der Waals surface area contributed by atoms with Gasteiger partial charge in [0.05, 0.1) is 6.10 Å². The summed E-state index contributed by atoms with van der Waals surface area (Å²) >= 11 is 0. The van der Waals surface area contributed by atoms with Crippen molar-refractivity contribution in [2.45, 2.75) is 40.7 Å². The summed E-state index contributed by atoms with van der Waals surface area (Å²) in [6, 6.07) is 5.57. The molecule has 0 aliphatic carbocycles. The van der Waals surface area contributed by atoms with Crippen molar-refractivity contribution in [3.05, 3.63) is 29.3 Å². The second-order valence-corrected chi connectivity index (χ2v) is 6.42. The number of aryl methyl sites for hydroxylation is 2. The van der Waals surface area contributed by atoms with Gasteiger partial charge in [0.2, 0.25) is 0 Å². The van der Waals surface area contributed by atoms with Crippen LogP contribution in [0.5, 0.6) is 0 Å². The zero-order valence-electron chi connectivity index (χ0n) is 13.3. The van der Waals surface area contributed by atoms with E-state index in [0.717, 1.165) is 11.1 Å². The van der Waals surface area contributed by atoms with Gasteiger partial charge in [-0.2, -0.15) is 0 Å². The molecule has 0 fully saturated rings. The van der Waals surface area contributed by atoms with Gasteiger partial charge in [-0.1, -0.05) is 26.8 Å². The van der Waals surface area contributed by atoms with Gasteiger partial charge in [-0.05, 0) is 42.5 Å². The van der Waals surface area contributed by atoms with Gasteiger partial charge in [0.1, 0.15) is 0 Å². The van der Waals surface area contributed by atoms with E-state index in [4.69, 9.17) is 0 Å². The molecule has 0 bridgehead atoms. The van der Waals surface area contributed by atoms with Crippen molar-refractivity contribution in [3.8, 4) is 0 Å². The van der Waals surface area contributed by atoms with Gasteiger partial charge < -0.3 is 15.7 Å². The van der Waals surface area contributed by atoms with E-state index >= 15 is 0 Å². The summed E-state index contributed by atoms with van der Waals surface area (Å²) in [6.07, 6.45) is -0.713. The number of carbonyl (C=O) groups is 2. The summed E-state index contributed by atoms with van der Waals surface area (Å²) in [5.41, 5.74) is 2.25. The summed E-state index contributed by atoms with van der Waals surface area (Å²) in [7, 11) is 0. The Balaban J connectivity index is 2.57. The topological polar surface area (TPSA) is 78.4 Å². The van der Waals surface area contributed by atoms with Crippen LogP contribution in [0.25, 0.3) is 0 Å². The molecular weight excluding hydrogens is 268 g/mol. The Morgan fingerprint density at radius 3 is 2.10 bits per heavy atom. The van der Waals surface area contributed by atoms with Crippen LogP contribution in [-0.2, 0) is 9.59 Å². The van der Waals surface area contributed by atoms with Gasteiger partial charge >= 0.3 is 11.8 Å². The molecule has 116 valence electrons. The quantitative estimate of drug-likeness (QED) is 0.743. The highest BCUT2D eigenvalue weighted by atomic mass is 16.3. The summed E-state index contributed by atoms with van der Waals surface area (Å²) in [4.78, 5) is 23.5. The van der Waals surface area contributed by atoms with Crippen molar-refractivity contribution in [3.63, 3.8) is 0 Å². The Morgan fingerprint density at radius 1 is 1.10 bits per heavy atom. The number of hydrogen-bond acceptors (Lipinski definition) is 3. The molecule has 1 atom stereocenters. The number of anilines is 1. The summed E-state index contributed by atoms with van der Waals surface area (Å²) in [5.74, 6) is -1.49. The molecule has 1 rings (SSSR count). The third-order valence-corrected chi connectivity index (χ3v) is 3.14. The minimum Gasteiger partial charge on any atom is -0.391 e. The number of aliphatic hydroxyl groups is 1. The molecular formula is C16H24N2O3. The first-order chi connectivity index (χ1) is 9.59. The Bertz CT molecular complexity index is 513. The average Bonchev–Trinajstić information content (AvgIpc) is 2.32. The lowest BCUT2D eigenvalue weighted by molar-refractivity contribution is -0.136. The Morgan fingerprint density at radius 2 is 1.62 bits per heavy atom. The number of rotatable bonds is 3. The SMILES string of the molecule is Cc1cc(C)cc(NC(=O)C(=O)NCC(O)C(C)(C)C)c1. The molecule has 0 aliphatic rings. The Hall–Kier alpha value is -1.88. The average molecular weight is 292 g/mol. The number of nitrogens with one attached hydrogen (secondary N) is 2. The lowest BCUT2D eigenvalue weighted by atomic mass is 9.89. The molecule has 0 aromatic heterocycles. The molecule has 0 saturated heterocycles. The van der Waals surface area contributed by atoms with Crippen LogP contribution in [0.3, 0.4) is 0 Å². The van der Waals surface area contributed by atoms with Gasteiger partial charge in [0.25, 0.3) is 0 Å². The molecule has 5 nitrogen and oxygen atoms in total. The van der Waals surface area contributed by atoms with E-state index < -0.39 is 17.9 Å². The van der Waals surface area contributed by atoms with Crippen LogP contribution in [0, 0.1) is 19.3 Å². The van der Waals surface area contributed by atoms with Crippen LogP contribution in [-0.4, -0.2) is 29.6 Å². The van der Waals surface area contributed by atoms with Crippen LogP contribution in [0.1, 0.15) is 31.9 Å². The molecule has 21 heavy (non-hydrogen) atoms. The highest BCUT2D eigenvalue weighted by molar-refractivity contribution is 6.39. The van der Waals surface area contributed by atoms with Crippen LogP contribution >= 0.6 is 0 Å². The monoisotopic (exact) mass is 292 g/mol. The molecule has 0 spiro atoms. The van der Waals surface area contributed by atoms with Crippen LogP contribution < -0.4 is 10.6 Å². The lowest BCUT2D eigenvalue weighted by Gasteiger charge is -2.25. The predicted molar refractivity (Wildman–Crippen MR) is 83.0 cm³/mol. The van der Waals surface area contributed by atoms with Crippen molar-refractivity contribution in [2.75, 3.05) is 11.9 Å². The summed E-state index contributed by atoms with van der Waals surface area (Å²) in [6.45, 7) is 9.46. The normalized spacial score (nSPS) is 12.7. The molecule has 5 heteroatoms. The molecule has 0 saturated carbocycles. The van der Waals surface area contributed by atoms with Crippen molar-refractivity contribution < 1.29 is 14.7 Å². The number of benzene rings is 1. The first-order valence-electron chi connectivity index (χ1n) is 6.95. The minimum absolute atomic E-state index is 0.0442. The fraction of sp³-hybridized carbons (Fsp3) is 0.500. The lowest BCUT2D eigenvalue weighted by Crippen LogP contribution is -2.43. The minimum atomic E-state index is -0.752. The van der Waals surface area contributed by atoms with E-state index in [9.17, 15) is 14.7 Å². The maximum Gasteiger partial charge on any atom is 0.313 e. The van der Waals surface area contributed by atoms with E-state index in [1.807, 2.05) is 40.7 Å². The highest BCUT2D eigenvalue weighted by Crippen LogP contribution is 2.18. The molecule has 3 N–H and O–H groups in total. The summed E-state index contributed by atoms with van der Waals surface area (Å²) < 4.78 is 0. The number of amides is 2. The van der Waals surface area contributed by atoms with Crippen molar-refractivity contribution in [2.24, 2.45) is 5.41 Å². The van der Waals surface area contributed by atoms with Gasteiger partial charge in [-0.25, -0.2) is 0 Å². The number of aliphatic hydroxyl groups excluding tert-OH is 1. The third kappa shape index (κ3) is 5.55. The zero-order valence-corrected chi connectivity index (χ0v) is 13.3. The smallest absolute Gasteiger partial charge is 0.313 e. The van der Waals surface area contributed by atoms with Crippen molar-refractivity contribution in [1.29, 1.82) is 0 Å². The third-order valence-electron chi connectivity index (χ3n) is 3.14. The maximum absolute atomic E-state index is 11.8. The standard InChI is InChI=1S/C16H24N2O3/c1-10-6-11(2)8-12(7-10)18-15(21)14(20)17-9-13(19)16(3,4)5/h6-8,13,19H,9H2,1-5H3,(H,17,20)(H,18,21). The molecule has 0 radical (unpaired) electrons. The second kappa shape index (κ2) is 6.72. The second-order valence-electron chi connectivity index (χ2n) is 6.42. The predicted octanol–water partition coefficient (Wildman–Crippen LogP) is 1.77. The van der Waals surface area contributed by atoms with Crippen LogP contribution in [0.2, 0.25) is 0 Å². The van der Waals surface area contributed by atoms with Crippen molar-refractivity contribution >= 4 is 17.5 Å². The Labute approximate surface area is 125 Å². The highest BCUT2D eigenvalue weighted by Gasteiger charge is 2.23.